The van der Waals surface area contributed by atoms with Crippen LogP contribution >= 0.6 is 0 Å². The zero-order valence-corrected chi connectivity index (χ0v) is 27.7. The summed E-state index contributed by atoms with van der Waals surface area (Å²) in [6.45, 7) is -0.974. The Morgan fingerprint density at radius 3 is 2.25 bits per heavy atom. The molecule has 52 heavy (non-hydrogen) atoms. The second-order valence-electron chi connectivity index (χ2n) is 11.4. The number of benzene rings is 1. The van der Waals surface area contributed by atoms with Crippen molar-refractivity contribution in [3.05, 3.63) is 24.0 Å². The van der Waals surface area contributed by atoms with E-state index in [0.717, 1.165) is 35.3 Å². The Hall–Kier alpha value is -5.35. The fourth-order valence-electron chi connectivity index (χ4n) is 4.35. The third kappa shape index (κ3) is 11.9. The van der Waals surface area contributed by atoms with Gasteiger partial charge in [0.25, 0.3) is 17.7 Å². The summed E-state index contributed by atoms with van der Waals surface area (Å²) in [5.41, 5.74) is -3.50. The number of hydrogen-bond acceptors (Lipinski definition) is 10. The summed E-state index contributed by atoms with van der Waals surface area (Å²) in [6.07, 6.45) is -9.05. The highest BCUT2D eigenvalue weighted by molar-refractivity contribution is 6.10. The van der Waals surface area contributed by atoms with E-state index in [-0.39, 0.29) is 30.9 Å². The fraction of sp³-hybridized carbons (Fsp3) is 0.552. The molecule has 0 aromatic heterocycles. The van der Waals surface area contributed by atoms with Gasteiger partial charge >= 0.3 is 24.2 Å². The van der Waals surface area contributed by atoms with E-state index in [1.54, 1.807) is 0 Å². The van der Waals surface area contributed by atoms with Crippen LogP contribution in [0.2, 0.25) is 0 Å². The zero-order valence-electron chi connectivity index (χ0n) is 27.7. The molecule has 17 nitrogen and oxygen atoms in total. The van der Waals surface area contributed by atoms with Gasteiger partial charge in [0.2, 0.25) is 17.4 Å². The third-order valence-corrected chi connectivity index (χ3v) is 7.17. The van der Waals surface area contributed by atoms with Crippen LogP contribution in [0, 0.1) is 5.82 Å². The van der Waals surface area contributed by atoms with Crippen molar-refractivity contribution in [2.45, 2.75) is 69.5 Å². The van der Waals surface area contributed by atoms with Gasteiger partial charge in [-0.3, -0.25) is 28.8 Å². The summed E-state index contributed by atoms with van der Waals surface area (Å²) in [7, 11) is 0. The number of alkyl carbamates (subject to hydrolysis) is 1. The van der Waals surface area contributed by atoms with Crippen molar-refractivity contribution in [3.8, 4) is 5.75 Å². The maximum Gasteiger partial charge on any atom is 0.455 e. The van der Waals surface area contributed by atoms with Gasteiger partial charge in [-0.2, -0.15) is 22.0 Å². The van der Waals surface area contributed by atoms with Gasteiger partial charge in [0, 0.05) is 32.5 Å². The summed E-state index contributed by atoms with van der Waals surface area (Å²) in [4.78, 5) is 86.3. The van der Waals surface area contributed by atoms with E-state index in [1.807, 2.05) is 5.32 Å². The highest BCUT2D eigenvalue weighted by Gasteiger charge is 2.58. The third-order valence-electron chi connectivity index (χ3n) is 7.17. The van der Waals surface area contributed by atoms with E-state index in [9.17, 15) is 65.0 Å². The second-order valence-corrected chi connectivity index (χ2v) is 11.4. The predicted molar refractivity (Wildman–Crippen MR) is 162 cm³/mol. The Morgan fingerprint density at radius 1 is 1.02 bits per heavy atom. The smallest absolute Gasteiger partial charge is 0.455 e. The van der Waals surface area contributed by atoms with Gasteiger partial charge < -0.3 is 51.2 Å². The van der Waals surface area contributed by atoms with Crippen LogP contribution < -0.4 is 36.2 Å². The minimum Gasteiger partial charge on any atom is -0.486 e. The van der Waals surface area contributed by atoms with Crippen LogP contribution in [-0.2, 0) is 33.5 Å². The molecule has 1 aromatic carbocycles. The Labute approximate surface area is 290 Å². The van der Waals surface area contributed by atoms with E-state index in [2.05, 4.69) is 16.0 Å². The molecular formula is C29H36F6N6O11. The first-order valence-corrected chi connectivity index (χ1v) is 15.2. The second kappa shape index (κ2) is 17.7. The molecule has 1 heterocycles. The van der Waals surface area contributed by atoms with Crippen molar-refractivity contribution in [1.29, 1.82) is 0 Å². The average Bonchev–Trinajstić information content (AvgIpc) is 3.12. The van der Waals surface area contributed by atoms with E-state index in [0.29, 0.717) is 6.92 Å². The number of rotatable bonds is 16. The summed E-state index contributed by atoms with van der Waals surface area (Å²) in [6, 6.07) is -0.00269. The lowest BCUT2D eigenvalue weighted by Gasteiger charge is -2.29. The predicted octanol–water partition coefficient (Wildman–Crippen LogP) is -0.299. The number of carboxylic acids is 1. The Balaban J connectivity index is 2.07. The van der Waals surface area contributed by atoms with Gasteiger partial charge in [0.15, 0.2) is 0 Å². The van der Waals surface area contributed by atoms with Crippen molar-refractivity contribution in [2.24, 2.45) is 0 Å². The van der Waals surface area contributed by atoms with Crippen LogP contribution in [0.1, 0.15) is 33.6 Å². The molecule has 0 spiro atoms. The molecule has 6 amide bonds. The average molecular weight is 759 g/mol. The molecule has 0 saturated carbocycles. The van der Waals surface area contributed by atoms with E-state index >= 15 is 0 Å². The normalized spacial score (nSPS) is 17.6. The quantitative estimate of drug-likeness (QED) is 0.0656. The molecular weight excluding hydrogens is 722 g/mol. The van der Waals surface area contributed by atoms with Gasteiger partial charge in [-0.05, 0) is 32.4 Å². The SMILES string of the molecule is CC(=O)N[C@@H](CCC(=O)O)C(=O)NCCNC(=O)OCCN1C(=O)[C@@H](NC(=O)C(C)(O)C(=O)NCC(F)(F)C(F)(F)F)[C@@H](C)Oc2ccc(F)cc21. The highest BCUT2D eigenvalue weighted by atomic mass is 19.4. The van der Waals surface area contributed by atoms with Crippen molar-refractivity contribution in [2.75, 3.05) is 37.7 Å². The molecule has 0 aliphatic carbocycles. The Morgan fingerprint density at radius 2 is 1.65 bits per heavy atom. The molecule has 0 bridgehead atoms. The molecule has 0 saturated heterocycles. The number of hydrogen-bond donors (Lipinski definition) is 7. The number of nitrogens with one attached hydrogen (secondary N) is 5. The zero-order chi connectivity index (χ0) is 39.6. The monoisotopic (exact) mass is 758 g/mol. The van der Waals surface area contributed by atoms with Crippen molar-refractivity contribution in [3.63, 3.8) is 0 Å². The van der Waals surface area contributed by atoms with Crippen molar-refractivity contribution in [1.82, 2.24) is 26.6 Å². The number of halogens is 6. The van der Waals surface area contributed by atoms with Crippen LogP contribution in [0.3, 0.4) is 0 Å². The molecule has 290 valence electrons. The fourth-order valence-corrected chi connectivity index (χ4v) is 4.35. The summed E-state index contributed by atoms with van der Waals surface area (Å²) in [5, 5.41) is 29.4. The van der Waals surface area contributed by atoms with Crippen LogP contribution in [0.4, 0.5) is 36.8 Å². The molecule has 0 fully saturated rings. The number of nitrogens with zero attached hydrogens (tertiary/aromatic N) is 1. The first-order chi connectivity index (χ1) is 24.0. The van der Waals surface area contributed by atoms with E-state index in [1.165, 1.54) is 6.92 Å². The molecule has 1 aliphatic rings. The van der Waals surface area contributed by atoms with Crippen LogP contribution in [0.25, 0.3) is 0 Å². The minimum absolute atomic E-state index is 0.112. The number of aliphatic carboxylic acids is 1. The number of carbonyl (C=O) groups is 7. The maximum absolute atomic E-state index is 14.2. The number of aliphatic hydroxyl groups is 1. The lowest BCUT2D eigenvalue weighted by atomic mass is 10.0. The minimum atomic E-state index is -6.06. The molecule has 7 N–H and O–H groups in total. The standard InChI is InChI=1S/C29H36F6N6O11/c1-14-21(40-25(48)27(3,50)24(47)38-13-28(31,32)29(33,34)35)23(46)41(18-12-16(30)4-6-19(18)52-14)10-11-51-26(49)37-9-8-36-22(45)17(39-15(2)42)5-7-20(43)44/h4,6,12,14,17,21,50H,5,7-11,13H2,1-3H3,(H,36,45)(H,37,49)(H,38,47)(H,39,42)(H,40,48)(H,43,44)/t14-,17+,21+,27?/m1/s1. The lowest BCUT2D eigenvalue weighted by molar-refractivity contribution is -0.278. The summed E-state index contributed by atoms with van der Waals surface area (Å²) >= 11 is 0. The molecule has 2 rings (SSSR count). The molecule has 0 radical (unpaired) electrons. The van der Waals surface area contributed by atoms with Gasteiger partial charge in [-0.1, -0.05) is 0 Å². The first kappa shape index (κ1) is 42.8. The van der Waals surface area contributed by atoms with Gasteiger partial charge in [0.05, 0.1) is 18.8 Å². The van der Waals surface area contributed by atoms with Crippen LogP contribution in [-0.4, -0.2) is 120 Å². The molecule has 1 unspecified atom stereocenters. The molecule has 23 heteroatoms. The number of alkyl halides is 5. The number of carbonyl (C=O) groups excluding carboxylic acids is 6. The van der Waals surface area contributed by atoms with Crippen LogP contribution in [0.15, 0.2) is 18.2 Å². The summed E-state index contributed by atoms with van der Waals surface area (Å²) < 4.78 is 88.9. The number of amides is 6. The largest absolute Gasteiger partial charge is 0.486 e. The molecule has 4 atom stereocenters. The van der Waals surface area contributed by atoms with E-state index < -0.39 is 109 Å². The summed E-state index contributed by atoms with van der Waals surface area (Å²) in [5.74, 6) is -13.6. The number of ether oxygens (including phenoxy) is 2. The van der Waals surface area contributed by atoms with Gasteiger partial charge in [-0.15, -0.1) is 0 Å². The number of anilines is 1. The van der Waals surface area contributed by atoms with Crippen LogP contribution in [0.5, 0.6) is 5.75 Å². The molecule has 1 aliphatic heterocycles. The van der Waals surface area contributed by atoms with Crippen molar-refractivity contribution >= 4 is 47.3 Å². The maximum atomic E-state index is 14.2. The first-order valence-electron chi connectivity index (χ1n) is 15.2. The Kier molecular flexibility index (Phi) is 14.6. The molecule has 1 aromatic rings. The van der Waals surface area contributed by atoms with Gasteiger partial charge in [-0.25, -0.2) is 9.18 Å². The van der Waals surface area contributed by atoms with Gasteiger partial charge in [0.1, 0.15) is 36.4 Å². The lowest BCUT2D eigenvalue weighted by Crippen LogP contribution is -2.63. The van der Waals surface area contributed by atoms with E-state index in [4.69, 9.17) is 14.6 Å². The Bertz CT molecular complexity index is 1530. The highest BCUT2D eigenvalue weighted by Crippen LogP contribution is 2.35. The number of carboxylic acid groups (broad SMARTS) is 1. The topological polar surface area (TPSA) is 242 Å². The number of fused-ring (bicyclic) bond motifs is 1. The van der Waals surface area contributed by atoms with Crippen molar-refractivity contribution < 1.29 is 79.6 Å².